The van der Waals surface area contributed by atoms with Gasteiger partial charge in [-0.05, 0) is 285 Å². The van der Waals surface area contributed by atoms with Gasteiger partial charge in [0.1, 0.15) is 32.2 Å². The molecule has 125 heavy (non-hydrogen) atoms. The van der Waals surface area contributed by atoms with Crippen molar-refractivity contribution in [3.05, 3.63) is 113 Å². The third-order valence-electron chi connectivity index (χ3n) is 26.0. The van der Waals surface area contributed by atoms with Gasteiger partial charge in [-0.25, -0.2) is 81.3 Å². The maximum absolute atomic E-state index is 13.0. The van der Waals surface area contributed by atoms with Crippen molar-refractivity contribution in [1.82, 2.24) is 49.1 Å². The number of nitrogens with zero attached hydrogens (tertiary/aromatic N) is 7. The summed E-state index contributed by atoms with van der Waals surface area (Å²) in [4.78, 5) is 86.0. The van der Waals surface area contributed by atoms with E-state index in [-0.39, 0.29) is 43.8 Å². The molecule has 4 aromatic rings. The lowest BCUT2D eigenvalue weighted by atomic mass is 9.99. The zero-order valence-electron chi connectivity index (χ0n) is 72.0. The number of sulfonamides is 4. The number of alkyl carbamates (subject to hydrolysis) is 1. The molecule has 676 valence electrons. The number of benzene rings is 4. The smallest absolute Gasteiger partial charge is 0.437 e. The van der Waals surface area contributed by atoms with E-state index in [0.29, 0.717) is 38.6 Å². The fourth-order valence-corrected chi connectivity index (χ4v) is 24.3. The first-order valence-electron chi connectivity index (χ1n) is 43.9. The second kappa shape index (κ2) is 36.2. The molecule has 35 nitrogen and oxygen atoms in total. The Bertz CT molecular complexity index is 5440. The van der Waals surface area contributed by atoms with Gasteiger partial charge in [0.2, 0.25) is 46.1 Å². The van der Waals surface area contributed by atoms with E-state index in [1.807, 2.05) is 0 Å². The molecular weight excluding hydrogens is 1680 g/mol. The third kappa shape index (κ3) is 20.9. The number of nitrogens with one attached hydrogen (secondary N) is 11. The number of aliphatic imine (C=N–C) groups is 1. The molecule has 6 aliphatic heterocycles. The van der Waals surface area contributed by atoms with Gasteiger partial charge >= 0.3 is 36.3 Å². The molecule has 6 heterocycles. The van der Waals surface area contributed by atoms with Crippen LogP contribution in [0.3, 0.4) is 0 Å². The van der Waals surface area contributed by atoms with Crippen LogP contribution in [-0.2, 0) is 152 Å². The van der Waals surface area contributed by atoms with Crippen LogP contribution in [-0.4, -0.2) is 217 Å². The Kier molecular flexibility index (Phi) is 26.1. The Hall–Kier alpha value is -9.72. The van der Waals surface area contributed by atoms with Gasteiger partial charge in [0.05, 0.1) is 0 Å². The van der Waals surface area contributed by atoms with Crippen LogP contribution in [0.1, 0.15) is 201 Å². The number of carbonyl (C=O) groups excluding carboxylic acids is 6. The van der Waals surface area contributed by atoms with E-state index >= 15 is 0 Å². The number of aryl methyl sites for hydroxylation is 8. The maximum atomic E-state index is 13.0. The van der Waals surface area contributed by atoms with Gasteiger partial charge in [-0.15, -0.1) is 17.3 Å². The number of nitrogens with two attached hydrogens (primary N) is 1. The predicted octanol–water partition coefficient (Wildman–Crippen LogP) is 7.84. The minimum Gasteiger partial charge on any atom is -0.444 e. The highest BCUT2D eigenvalue weighted by Gasteiger charge is 2.47. The van der Waals surface area contributed by atoms with Crippen LogP contribution in [0.2, 0.25) is 0 Å². The normalized spacial score (nSPS) is 19.7. The lowest BCUT2D eigenvalue weighted by Crippen LogP contribution is -2.68. The van der Waals surface area contributed by atoms with E-state index in [0.717, 1.165) is 232 Å². The number of hydrogen-bond donors (Lipinski definition) is 12. The van der Waals surface area contributed by atoms with Gasteiger partial charge < -0.3 is 56.5 Å². The number of hydrogen-bond acceptors (Lipinski definition) is 22. The highest BCUT2D eigenvalue weighted by molar-refractivity contribution is 7.91. The second-order valence-corrected chi connectivity index (χ2v) is 45.1. The van der Waals surface area contributed by atoms with Crippen molar-refractivity contribution in [2.45, 2.75) is 259 Å². The fraction of sp³-hybridized carbons (Fsp3) is 0.605. The molecule has 0 aromatic heterocycles. The van der Waals surface area contributed by atoms with Crippen molar-refractivity contribution >= 4 is 111 Å². The molecule has 4 aromatic carbocycles. The van der Waals surface area contributed by atoms with Gasteiger partial charge in [0.25, 0.3) is 0 Å². The van der Waals surface area contributed by atoms with E-state index < -0.39 is 109 Å². The van der Waals surface area contributed by atoms with Crippen LogP contribution in [0.5, 0.6) is 0 Å². The monoisotopic (exact) mass is 1800 g/mol. The summed E-state index contributed by atoms with van der Waals surface area (Å²) in [6, 6.07) is 6.73. The Morgan fingerprint density at radius 1 is 0.472 bits per heavy atom. The van der Waals surface area contributed by atoms with Gasteiger partial charge in [-0.3, -0.25) is 15.6 Å². The van der Waals surface area contributed by atoms with E-state index in [2.05, 4.69) is 106 Å². The van der Waals surface area contributed by atoms with Crippen LogP contribution in [0, 0.1) is 17.8 Å². The number of rotatable bonds is 18. The molecule has 5 saturated heterocycles. The molecule has 0 bridgehead atoms. The average Bonchev–Trinajstić information content (AvgIpc) is 1.57. The molecule has 0 saturated carbocycles. The standard InChI is InChI=1S/C27H39N5O7S.C23H29N5O3S.C19H26N4O3S.C17H23N5O3S/c1-26(2,3)38-24(34)29-22(30-25(35)39-27(4,5)6)32-14-18(15-32)40(36,37)31-23(33)28-21-19-11-7-9-16(19)13-17-10-8-12-20(17)21;1-2-3-10-23(26-27-23)11-12-28-14-18(15-28)32(30,31)25-22(29)24-21-19-8-4-6-16(19)13-17-7-5-9-20(17)21;24-19(22-27(25,26)15-10-23(11-15)14-8-20-9-14)21-18-16-5-1-3-12(16)7-13-4-2-6-17(13)18;18-16(19)22-8-12(9-22)26(24,25)21-17(23)20-15-13-5-1-3-10(13)7-11-4-2-6-14(11)15/h13,18H,7-12,14-15H2,1-6H3,(H2,28,31,33)(H,29,30,34,35);1,13,18H,3-12,14-15H2,(H2,24,25,29);7,14-15,20H,1-6,8-11H2,(H2,21,22,24);7,12H,1-6,8-9H2,(H3,18,19)(H2,20,21,23). The molecule has 0 atom stereocenters. The van der Waals surface area contributed by atoms with E-state index in [1.54, 1.807) is 41.5 Å². The van der Waals surface area contributed by atoms with Crippen LogP contribution >= 0.6 is 0 Å². The number of ether oxygens (including phenoxy) is 2. The SMILES string of the molecule is C#CCCC1(CCN2CC(S(=O)(=O)NC(=O)Nc3c4c(cc5c3CCC5)CCC4)C2)N=N1.CC(C)(C)OC(=O)N=C(NC(=O)OC(C)(C)C)N1CC(S(=O)(=O)NC(=O)Nc2c3c(cc4c2CCC4)CCC3)C1.N=C(N)N1CC(S(=O)(=O)NC(=O)Nc2c3c(cc4c2CCC4)CCC3)C1.O=C(Nc1c2c(cc3c1CCC3)CCC2)NS(=O)(=O)C1CN(C2CNC2)C1. The highest BCUT2D eigenvalue weighted by atomic mass is 32.2. The largest absolute Gasteiger partial charge is 0.444 e. The van der Waals surface area contributed by atoms with Gasteiger partial charge in [-0.1, -0.05) is 24.3 Å². The lowest BCUT2D eigenvalue weighted by molar-refractivity contribution is 0.0550. The van der Waals surface area contributed by atoms with E-state index in [9.17, 15) is 62.4 Å². The molecule has 10 amide bonds. The summed E-state index contributed by atoms with van der Waals surface area (Å²) in [5.74, 6) is 2.25. The fourth-order valence-electron chi connectivity index (χ4n) is 19.3. The first kappa shape index (κ1) is 90.1. The van der Waals surface area contributed by atoms with Crippen molar-refractivity contribution < 1.29 is 71.9 Å². The number of terminal acetylenes is 1. The summed E-state index contributed by atoms with van der Waals surface area (Å²) in [6.07, 6.45) is 29.6. The number of amides is 10. The van der Waals surface area contributed by atoms with Crippen molar-refractivity contribution in [3.8, 4) is 12.3 Å². The summed E-state index contributed by atoms with van der Waals surface area (Å²) < 4.78 is 121. The quantitative estimate of drug-likeness (QED) is 0.0256. The van der Waals surface area contributed by atoms with Gasteiger partial charge in [0, 0.05) is 120 Å². The lowest BCUT2D eigenvalue weighted by Gasteiger charge is -2.47. The van der Waals surface area contributed by atoms with Gasteiger partial charge in [-0.2, -0.15) is 10.2 Å². The van der Waals surface area contributed by atoms with E-state index in [4.69, 9.17) is 27.0 Å². The van der Waals surface area contributed by atoms with Crippen molar-refractivity contribution in [2.24, 2.45) is 21.0 Å². The molecule has 13 N–H and O–H groups in total. The third-order valence-corrected chi connectivity index (χ3v) is 32.6. The van der Waals surface area contributed by atoms with Crippen molar-refractivity contribution in [2.75, 3.05) is 93.3 Å². The minimum absolute atomic E-state index is 0.115. The van der Waals surface area contributed by atoms with Crippen LogP contribution in [0.4, 0.5) is 51.5 Å². The first-order valence-corrected chi connectivity index (χ1v) is 50.1. The zero-order chi connectivity index (χ0) is 88.9. The molecule has 14 aliphatic rings. The number of anilines is 4. The maximum Gasteiger partial charge on any atom is 0.437 e. The Morgan fingerprint density at radius 3 is 1.06 bits per heavy atom. The van der Waals surface area contributed by atoms with Gasteiger partial charge in [0.15, 0.2) is 11.6 Å². The molecular formula is C86H117N19O16S4. The zero-order valence-corrected chi connectivity index (χ0v) is 75.3. The van der Waals surface area contributed by atoms with Crippen LogP contribution in [0.25, 0.3) is 0 Å². The summed E-state index contributed by atoms with van der Waals surface area (Å²) in [5.41, 5.74) is 26.1. The Labute approximate surface area is 731 Å². The molecule has 39 heteroatoms. The molecule has 0 unspecified atom stereocenters. The summed E-state index contributed by atoms with van der Waals surface area (Å²) in [7, 11) is -15.2. The van der Waals surface area contributed by atoms with Crippen LogP contribution < -0.4 is 56.5 Å². The number of fused-ring (bicyclic) bond motifs is 8. The number of carbonyl (C=O) groups is 6. The topological polar surface area (TPSA) is 478 Å². The molecule has 0 spiro atoms. The predicted molar refractivity (Wildman–Crippen MR) is 474 cm³/mol. The highest BCUT2D eigenvalue weighted by Crippen LogP contribution is 2.44. The molecule has 8 aliphatic carbocycles. The summed E-state index contributed by atoms with van der Waals surface area (Å²) in [6.45, 7) is 14.5. The second-order valence-electron chi connectivity index (χ2n) is 37.2. The first-order chi connectivity index (χ1) is 59.3. The van der Waals surface area contributed by atoms with Crippen LogP contribution in [0.15, 0.2) is 39.5 Å². The number of urea groups is 4. The molecule has 0 radical (unpaired) electrons. The molecule has 5 fully saturated rings. The molecule has 18 rings (SSSR count). The Morgan fingerprint density at radius 2 is 0.776 bits per heavy atom. The summed E-state index contributed by atoms with van der Waals surface area (Å²) in [5, 5.41) is 29.8. The number of likely N-dealkylation sites (tertiary alicyclic amines) is 4. The Balaban J connectivity index is 0.000000131. The summed E-state index contributed by atoms with van der Waals surface area (Å²) >= 11 is 0. The van der Waals surface area contributed by atoms with E-state index in [1.165, 1.54) is 76.6 Å². The minimum atomic E-state index is -4.07. The number of guanidine groups is 2. The van der Waals surface area contributed by atoms with Crippen molar-refractivity contribution in [3.63, 3.8) is 0 Å². The average molecular weight is 1800 g/mol. The van der Waals surface area contributed by atoms with Crippen molar-refractivity contribution in [1.29, 1.82) is 5.41 Å².